The number of aryl methyl sites for hydroxylation is 1. The maximum Gasteiger partial charge on any atom is 0.416 e. The van der Waals surface area contributed by atoms with Crippen LogP contribution in [0.4, 0.5) is 26.3 Å². The summed E-state index contributed by atoms with van der Waals surface area (Å²) < 4.78 is 81.6. The SMILES string of the molecule is CO[Si](C)(C)CCCc1cc(C(F)(F)F)cc(C(F)(F)F)c1. The van der Waals surface area contributed by atoms with Crippen LogP contribution < -0.4 is 0 Å². The van der Waals surface area contributed by atoms with Crippen LogP contribution in [0.15, 0.2) is 18.2 Å². The normalized spacial score (nSPS) is 13.5. The fraction of sp³-hybridized carbons (Fsp3) is 0.571. The lowest BCUT2D eigenvalue weighted by molar-refractivity contribution is -0.143. The van der Waals surface area contributed by atoms with E-state index in [1.54, 1.807) is 7.11 Å². The van der Waals surface area contributed by atoms with Crippen LogP contribution in [0.2, 0.25) is 19.1 Å². The minimum atomic E-state index is -4.80. The van der Waals surface area contributed by atoms with Gasteiger partial charge in [0.2, 0.25) is 0 Å². The highest BCUT2D eigenvalue weighted by Crippen LogP contribution is 2.36. The van der Waals surface area contributed by atoms with Crippen LogP contribution in [-0.2, 0) is 23.2 Å². The van der Waals surface area contributed by atoms with E-state index >= 15 is 0 Å². The van der Waals surface area contributed by atoms with Gasteiger partial charge in [-0.3, -0.25) is 0 Å². The molecule has 0 radical (unpaired) electrons. The van der Waals surface area contributed by atoms with E-state index in [4.69, 9.17) is 4.43 Å². The van der Waals surface area contributed by atoms with E-state index in [0.29, 0.717) is 12.5 Å². The second-order valence-electron chi connectivity index (χ2n) is 5.73. The van der Waals surface area contributed by atoms with Crippen molar-refractivity contribution in [3.63, 3.8) is 0 Å². The lowest BCUT2D eigenvalue weighted by Gasteiger charge is -2.20. The van der Waals surface area contributed by atoms with Crippen molar-refractivity contribution in [1.82, 2.24) is 0 Å². The molecule has 0 fully saturated rings. The van der Waals surface area contributed by atoms with Crippen molar-refractivity contribution < 1.29 is 30.8 Å². The molecule has 22 heavy (non-hydrogen) atoms. The summed E-state index contributed by atoms with van der Waals surface area (Å²) in [5, 5.41) is 0. The van der Waals surface area contributed by atoms with Gasteiger partial charge in [0.1, 0.15) is 0 Å². The number of rotatable bonds is 5. The number of benzene rings is 1. The third-order valence-corrected chi connectivity index (χ3v) is 6.11. The molecule has 1 aromatic rings. The molecule has 0 atom stereocenters. The van der Waals surface area contributed by atoms with Crippen LogP contribution in [0.5, 0.6) is 0 Å². The van der Waals surface area contributed by atoms with Gasteiger partial charge < -0.3 is 4.43 Å². The van der Waals surface area contributed by atoms with E-state index in [-0.39, 0.29) is 18.1 Å². The molecule has 126 valence electrons. The van der Waals surface area contributed by atoms with E-state index in [0.717, 1.165) is 12.1 Å². The molecule has 0 N–H and O–H groups in total. The summed E-state index contributed by atoms with van der Waals surface area (Å²) in [6.45, 7) is 3.89. The largest absolute Gasteiger partial charge is 0.420 e. The van der Waals surface area contributed by atoms with Crippen LogP contribution in [0, 0.1) is 0 Å². The summed E-state index contributed by atoms with van der Waals surface area (Å²) in [6.07, 6.45) is -8.94. The van der Waals surface area contributed by atoms with Gasteiger partial charge in [-0.25, -0.2) is 0 Å². The molecule has 0 bridgehead atoms. The number of halogens is 6. The van der Waals surface area contributed by atoms with Crippen molar-refractivity contribution in [2.45, 2.75) is 44.3 Å². The van der Waals surface area contributed by atoms with Gasteiger partial charge in [0.15, 0.2) is 8.32 Å². The Hall–Kier alpha value is -1.02. The molecular formula is C14H18F6OSi. The van der Waals surface area contributed by atoms with Crippen LogP contribution in [0.25, 0.3) is 0 Å². The first kappa shape index (κ1) is 19.0. The van der Waals surface area contributed by atoms with E-state index in [1.807, 2.05) is 13.1 Å². The average Bonchev–Trinajstić information content (AvgIpc) is 2.36. The molecule has 0 aromatic heterocycles. The summed E-state index contributed by atoms with van der Waals surface area (Å²) in [5.41, 5.74) is -2.48. The number of alkyl halides is 6. The zero-order valence-electron chi connectivity index (χ0n) is 12.5. The molecule has 8 heteroatoms. The molecule has 1 aromatic carbocycles. The summed E-state index contributed by atoms with van der Waals surface area (Å²) >= 11 is 0. The highest BCUT2D eigenvalue weighted by molar-refractivity contribution is 6.71. The molecule has 0 heterocycles. The van der Waals surface area contributed by atoms with Crippen molar-refractivity contribution in [2.24, 2.45) is 0 Å². The number of hydrogen-bond donors (Lipinski definition) is 0. The smallest absolute Gasteiger partial charge is 0.416 e. The zero-order chi connectivity index (χ0) is 17.2. The lowest BCUT2D eigenvalue weighted by Crippen LogP contribution is -2.28. The Balaban J connectivity index is 2.99. The van der Waals surface area contributed by atoms with Gasteiger partial charge in [0, 0.05) is 7.11 Å². The Kier molecular flexibility index (Phi) is 5.72. The van der Waals surface area contributed by atoms with E-state index in [9.17, 15) is 26.3 Å². The van der Waals surface area contributed by atoms with E-state index in [2.05, 4.69) is 0 Å². The second-order valence-corrected chi connectivity index (χ2v) is 10.2. The maximum absolute atomic E-state index is 12.7. The Morgan fingerprint density at radius 1 is 0.909 bits per heavy atom. The molecule has 0 amide bonds. The summed E-state index contributed by atoms with van der Waals surface area (Å²) in [6, 6.07) is 2.39. The predicted molar refractivity (Wildman–Crippen MR) is 74.1 cm³/mol. The third-order valence-electron chi connectivity index (χ3n) is 3.44. The van der Waals surface area contributed by atoms with Gasteiger partial charge in [-0.15, -0.1) is 0 Å². The first-order chi connectivity index (χ1) is 9.85. The standard InChI is InChI=1S/C14H18F6OSi/c1-21-22(2,3)6-4-5-10-7-11(13(15,16)17)9-12(8-10)14(18,19)20/h7-9H,4-6H2,1-3H3. The molecular weight excluding hydrogens is 326 g/mol. The van der Waals surface area contributed by atoms with Crippen LogP contribution in [-0.4, -0.2) is 15.4 Å². The topological polar surface area (TPSA) is 9.23 Å². The van der Waals surface area contributed by atoms with Crippen LogP contribution >= 0.6 is 0 Å². The van der Waals surface area contributed by atoms with Crippen LogP contribution in [0.1, 0.15) is 23.1 Å². The second kappa shape index (κ2) is 6.62. The first-order valence-electron chi connectivity index (χ1n) is 6.69. The van der Waals surface area contributed by atoms with E-state index in [1.165, 1.54) is 0 Å². The van der Waals surface area contributed by atoms with Crippen molar-refractivity contribution >= 4 is 8.32 Å². The van der Waals surface area contributed by atoms with Crippen LogP contribution in [0.3, 0.4) is 0 Å². The van der Waals surface area contributed by atoms with Crippen molar-refractivity contribution in [1.29, 1.82) is 0 Å². The monoisotopic (exact) mass is 344 g/mol. The lowest BCUT2D eigenvalue weighted by atomic mass is 10.0. The minimum absolute atomic E-state index is 0.0445. The van der Waals surface area contributed by atoms with Gasteiger partial charge in [-0.05, 0) is 55.7 Å². The minimum Gasteiger partial charge on any atom is -0.420 e. The molecule has 0 unspecified atom stereocenters. The third kappa shape index (κ3) is 5.64. The molecule has 0 aliphatic heterocycles. The van der Waals surface area contributed by atoms with Gasteiger partial charge in [-0.1, -0.05) is 0 Å². The molecule has 0 saturated heterocycles. The fourth-order valence-electron chi connectivity index (χ4n) is 1.98. The Bertz CT molecular complexity index is 475. The molecule has 0 saturated carbocycles. The highest BCUT2D eigenvalue weighted by atomic mass is 28.4. The van der Waals surface area contributed by atoms with Gasteiger partial charge in [0.25, 0.3) is 0 Å². The van der Waals surface area contributed by atoms with Crippen molar-refractivity contribution in [3.05, 3.63) is 34.9 Å². The fourth-order valence-corrected chi connectivity index (χ4v) is 3.22. The summed E-state index contributed by atoms with van der Waals surface area (Å²) in [4.78, 5) is 0. The summed E-state index contributed by atoms with van der Waals surface area (Å²) in [7, 11) is -0.308. The molecule has 0 spiro atoms. The molecule has 0 aliphatic carbocycles. The van der Waals surface area contributed by atoms with Crippen molar-refractivity contribution in [3.8, 4) is 0 Å². The molecule has 1 nitrogen and oxygen atoms in total. The predicted octanol–water partition coefficient (Wildman–Crippen LogP) is 5.51. The Morgan fingerprint density at radius 2 is 1.36 bits per heavy atom. The first-order valence-corrected chi connectivity index (χ1v) is 9.80. The summed E-state index contributed by atoms with van der Waals surface area (Å²) in [5.74, 6) is 0. The number of hydrogen-bond acceptors (Lipinski definition) is 1. The van der Waals surface area contributed by atoms with Gasteiger partial charge in [-0.2, -0.15) is 26.3 Å². The average molecular weight is 344 g/mol. The van der Waals surface area contributed by atoms with Gasteiger partial charge >= 0.3 is 12.4 Å². The molecule has 1 rings (SSSR count). The quantitative estimate of drug-likeness (QED) is 0.506. The van der Waals surface area contributed by atoms with Gasteiger partial charge in [0.05, 0.1) is 11.1 Å². The molecule has 0 aliphatic rings. The van der Waals surface area contributed by atoms with Crippen molar-refractivity contribution in [2.75, 3.05) is 7.11 Å². The van der Waals surface area contributed by atoms with E-state index < -0.39 is 31.8 Å². The highest BCUT2D eigenvalue weighted by Gasteiger charge is 2.36. The Labute approximate surface area is 126 Å². The maximum atomic E-state index is 12.7. The zero-order valence-corrected chi connectivity index (χ0v) is 13.5. The Morgan fingerprint density at radius 3 is 1.73 bits per heavy atom.